The molecule has 0 aromatic carbocycles. The van der Waals surface area contributed by atoms with Crippen molar-refractivity contribution >= 4 is 5.82 Å². The number of pyridine rings is 1. The zero-order chi connectivity index (χ0) is 13.9. The maximum atomic E-state index is 9.43. The maximum absolute atomic E-state index is 9.43. The number of anilines is 1. The number of piperidine rings is 1. The van der Waals surface area contributed by atoms with Crippen LogP contribution in [-0.2, 0) is 17.6 Å². The van der Waals surface area contributed by atoms with Gasteiger partial charge in [-0.15, -0.1) is 0 Å². The summed E-state index contributed by atoms with van der Waals surface area (Å²) >= 11 is 0. The fourth-order valence-electron chi connectivity index (χ4n) is 3.27. The van der Waals surface area contributed by atoms with E-state index in [2.05, 4.69) is 17.0 Å². The molecule has 1 saturated heterocycles. The molecule has 106 valence electrons. The summed E-state index contributed by atoms with van der Waals surface area (Å²) < 4.78 is 5.48. The molecule has 0 amide bonds. The summed E-state index contributed by atoms with van der Waals surface area (Å²) in [5, 5.41) is 9.43. The largest absolute Gasteiger partial charge is 0.380 e. The lowest BCUT2D eigenvalue weighted by Gasteiger charge is -2.34. The smallest absolute Gasteiger partial charge is 0.146 e. The Morgan fingerprint density at radius 3 is 3.00 bits per heavy atom. The van der Waals surface area contributed by atoms with Crippen molar-refractivity contribution in [3.05, 3.63) is 22.9 Å². The maximum Gasteiger partial charge on any atom is 0.146 e. The molecule has 2 aliphatic rings. The van der Waals surface area contributed by atoms with Crippen molar-refractivity contribution < 1.29 is 4.74 Å². The minimum Gasteiger partial charge on any atom is -0.380 e. The summed E-state index contributed by atoms with van der Waals surface area (Å²) in [5.41, 5.74) is 3.20. The van der Waals surface area contributed by atoms with Gasteiger partial charge in [-0.05, 0) is 50.2 Å². The van der Waals surface area contributed by atoms with Crippen LogP contribution in [-0.4, -0.2) is 31.3 Å². The van der Waals surface area contributed by atoms with E-state index < -0.39 is 0 Å². The Bertz CT molecular complexity index is 535. The first kappa shape index (κ1) is 13.4. The monoisotopic (exact) mass is 271 g/mol. The third-order valence-electron chi connectivity index (χ3n) is 4.41. The molecule has 4 heteroatoms. The SMILES string of the molecule is COC1CCCN(c2nc3c(cc2C#N)CCCC3)C1. The molecule has 0 spiro atoms. The number of hydrogen-bond acceptors (Lipinski definition) is 4. The zero-order valence-corrected chi connectivity index (χ0v) is 12.1. The van der Waals surface area contributed by atoms with Crippen LogP contribution in [0, 0.1) is 11.3 Å². The summed E-state index contributed by atoms with van der Waals surface area (Å²) in [6, 6.07) is 4.39. The van der Waals surface area contributed by atoms with Crippen LogP contribution in [0.5, 0.6) is 0 Å². The Balaban J connectivity index is 1.93. The molecule has 1 fully saturated rings. The van der Waals surface area contributed by atoms with E-state index in [0.29, 0.717) is 0 Å². The highest BCUT2D eigenvalue weighted by Gasteiger charge is 2.24. The number of aromatic nitrogens is 1. The van der Waals surface area contributed by atoms with Gasteiger partial charge in [0, 0.05) is 25.9 Å². The van der Waals surface area contributed by atoms with Crippen molar-refractivity contribution in [1.29, 1.82) is 5.26 Å². The number of methoxy groups -OCH3 is 1. The Labute approximate surface area is 120 Å². The van der Waals surface area contributed by atoms with Crippen molar-refractivity contribution in [2.75, 3.05) is 25.1 Å². The van der Waals surface area contributed by atoms with Gasteiger partial charge < -0.3 is 9.64 Å². The van der Waals surface area contributed by atoms with Crippen LogP contribution in [0.25, 0.3) is 0 Å². The molecule has 20 heavy (non-hydrogen) atoms. The quantitative estimate of drug-likeness (QED) is 0.829. The normalized spacial score (nSPS) is 22.2. The first-order chi connectivity index (χ1) is 9.81. The molecule has 1 atom stereocenters. The fraction of sp³-hybridized carbons (Fsp3) is 0.625. The van der Waals surface area contributed by atoms with E-state index in [4.69, 9.17) is 9.72 Å². The molecule has 0 N–H and O–H groups in total. The molecule has 1 aromatic rings. The van der Waals surface area contributed by atoms with E-state index in [9.17, 15) is 5.26 Å². The van der Waals surface area contributed by atoms with Crippen molar-refractivity contribution in [2.24, 2.45) is 0 Å². The predicted octanol–water partition coefficient (Wildman–Crippen LogP) is 2.45. The topological polar surface area (TPSA) is 49.1 Å². The van der Waals surface area contributed by atoms with Gasteiger partial charge in [0.25, 0.3) is 0 Å². The number of fused-ring (bicyclic) bond motifs is 1. The summed E-state index contributed by atoms with van der Waals surface area (Å²) in [5.74, 6) is 0.870. The average Bonchev–Trinajstić information content (AvgIpc) is 2.53. The van der Waals surface area contributed by atoms with E-state index in [1.54, 1.807) is 7.11 Å². The second kappa shape index (κ2) is 5.80. The number of rotatable bonds is 2. The number of hydrogen-bond donors (Lipinski definition) is 0. The molecule has 3 rings (SSSR count). The Hall–Kier alpha value is -1.60. The van der Waals surface area contributed by atoms with Crippen molar-refractivity contribution in [3.8, 4) is 6.07 Å². The molecular formula is C16H21N3O. The number of aryl methyl sites for hydroxylation is 2. The van der Waals surface area contributed by atoms with Crippen LogP contribution in [0.4, 0.5) is 5.82 Å². The van der Waals surface area contributed by atoms with Gasteiger partial charge >= 0.3 is 0 Å². The lowest BCUT2D eigenvalue weighted by Crippen LogP contribution is -2.40. The highest BCUT2D eigenvalue weighted by Crippen LogP contribution is 2.28. The lowest BCUT2D eigenvalue weighted by molar-refractivity contribution is 0.0891. The van der Waals surface area contributed by atoms with Gasteiger partial charge in [0.1, 0.15) is 11.9 Å². The molecule has 2 heterocycles. The molecule has 0 radical (unpaired) electrons. The molecule has 1 aromatic heterocycles. The molecular weight excluding hydrogens is 250 g/mol. The molecule has 1 aliphatic carbocycles. The molecule has 1 aliphatic heterocycles. The Morgan fingerprint density at radius 2 is 2.20 bits per heavy atom. The second-order valence-electron chi connectivity index (χ2n) is 5.73. The molecule has 0 bridgehead atoms. The van der Waals surface area contributed by atoms with Gasteiger partial charge in [-0.25, -0.2) is 4.98 Å². The minimum atomic E-state index is 0.258. The lowest BCUT2D eigenvalue weighted by atomic mass is 9.94. The number of nitriles is 1. The van der Waals surface area contributed by atoms with E-state index in [1.807, 2.05) is 0 Å². The van der Waals surface area contributed by atoms with Gasteiger partial charge in [0.05, 0.1) is 11.7 Å². The van der Waals surface area contributed by atoms with Crippen LogP contribution in [0.15, 0.2) is 6.07 Å². The van der Waals surface area contributed by atoms with Gasteiger partial charge in [-0.2, -0.15) is 5.26 Å². The average molecular weight is 271 g/mol. The van der Waals surface area contributed by atoms with E-state index in [-0.39, 0.29) is 6.10 Å². The van der Waals surface area contributed by atoms with E-state index >= 15 is 0 Å². The van der Waals surface area contributed by atoms with Crippen LogP contribution >= 0.6 is 0 Å². The van der Waals surface area contributed by atoms with Crippen LogP contribution in [0.1, 0.15) is 42.5 Å². The number of ether oxygens (including phenoxy) is 1. The van der Waals surface area contributed by atoms with Gasteiger partial charge in [0.2, 0.25) is 0 Å². The third kappa shape index (κ3) is 2.51. The van der Waals surface area contributed by atoms with Crippen LogP contribution < -0.4 is 4.90 Å². The van der Waals surface area contributed by atoms with Gasteiger partial charge in [-0.3, -0.25) is 0 Å². The third-order valence-corrected chi connectivity index (χ3v) is 4.41. The fourth-order valence-corrected chi connectivity index (χ4v) is 3.27. The summed E-state index contributed by atoms with van der Waals surface area (Å²) in [7, 11) is 1.76. The molecule has 0 saturated carbocycles. The van der Waals surface area contributed by atoms with Crippen molar-refractivity contribution in [3.63, 3.8) is 0 Å². The van der Waals surface area contributed by atoms with E-state index in [0.717, 1.165) is 50.2 Å². The summed E-state index contributed by atoms with van der Waals surface area (Å²) in [4.78, 5) is 7.05. The van der Waals surface area contributed by atoms with Gasteiger partial charge in [0.15, 0.2) is 0 Å². The zero-order valence-electron chi connectivity index (χ0n) is 12.1. The standard InChI is InChI=1S/C16H21N3O/c1-20-14-6-4-8-19(11-14)16-13(10-17)9-12-5-2-3-7-15(12)18-16/h9,14H,2-8,11H2,1H3. The molecule has 1 unspecified atom stereocenters. The first-order valence-corrected chi connectivity index (χ1v) is 7.52. The van der Waals surface area contributed by atoms with Crippen LogP contribution in [0.2, 0.25) is 0 Å². The van der Waals surface area contributed by atoms with Crippen molar-refractivity contribution in [1.82, 2.24) is 4.98 Å². The predicted molar refractivity (Wildman–Crippen MR) is 77.8 cm³/mol. The molecule has 4 nitrogen and oxygen atoms in total. The van der Waals surface area contributed by atoms with Crippen molar-refractivity contribution in [2.45, 2.75) is 44.6 Å². The first-order valence-electron chi connectivity index (χ1n) is 7.52. The Kier molecular flexibility index (Phi) is 3.88. The number of nitrogens with zero attached hydrogens (tertiary/aromatic N) is 3. The van der Waals surface area contributed by atoms with Gasteiger partial charge in [-0.1, -0.05) is 0 Å². The highest BCUT2D eigenvalue weighted by atomic mass is 16.5. The summed E-state index contributed by atoms with van der Waals surface area (Å²) in [6.45, 7) is 1.82. The summed E-state index contributed by atoms with van der Waals surface area (Å²) in [6.07, 6.45) is 7.00. The second-order valence-corrected chi connectivity index (χ2v) is 5.73. The van der Waals surface area contributed by atoms with Crippen LogP contribution in [0.3, 0.4) is 0 Å². The van der Waals surface area contributed by atoms with E-state index in [1.165, 1.54) is 24.1 Å². The minimum absolute atomic E-state index is 0.258. The Morgan fingerprint density at radius 1 is 1.35 bits per heavy atom. The highest BCUT2D eigenvalue weighted by molar-refractivity contribution is 5.56.